The van der Waals surface area contributed by atoms with Crippen LogP contribution in [0.1, 0.15) is 0 Å². The molecule has 0 unspecified atom stereocenters. The molecule has 1 rings (SSSR count). The molecular formula is C6H6KO2. The first-order valence-corrected chi connectivity index (χ1v) is 2.19. The average Bonchev–Trinajstić information content (AvgIpc) is 1.77. The molecule has 0 aliphatic carbocycles. The topological polar surface area (TPSA) is 40.5 Å². The molecule has 0 aromatic heterocycles. The van der Waals surface area contributed by atoms with Crippen molar-refractivity contribution < 1.29 is 10.2 Å². The second kappa shape index (κ2) is 4.30. The summed E-state index contributed by atoms with van der Waals surface area (Å²) in [5, 5.41) is 17.2. The Kier molecular flexibility index (Phi) is 4.52. The van der Waals surface area contributed by atoms with Crippen LogP contribution in [-0.4, -0.2) is 61.6 Å². The number of hydrogen-bond donors (Lipinski definition) is 2. The Bertz CT molecular complexity index is 150. The van der Waals surface area contributed by atoms with Gasteiger partial charge in [0, 0.05) is 6.07 Å². The summed E-state index contributed by atoms with van der Waals surface area (Å²) in [7, 11) is 0. The summed E-state index contributed by atoms with van der Waals surface area (Å²) < 4.78 is 0. The van der Waals surface area contributed by atoms with Crippen LogP contribution >= 0.6 is 0 Å². The Labute approximate surface area is 95.9 Å². The van der Waals surface area contributed by atoms with Crippen LogP contribution in [0.4, 0.5) is 0 Å². The van der Waals surface area contributed by atoms with E-state index in [1.54, 1.807) is 0 Å². The second-order valence-corrected chi connectivity index (χ2v) is 1.43. The van der Waals surface area contributed by atoms with Crippen molar-refractivity contribution in [1.82, 2.24) is 0 Å². The fourth-order valence-corrected chi connectivity index (χ4v) is 0.408. The van der Waals surface area contributed by atoms with Gasteiger partial charge in [0.25, 0.3) is 0 Å². The van der Waals surface area contributed by atoms with Gasteiger partial charge in [0.05, 0.1) is 0 Å². The molecule has 0 fully saturated rings. The zero-order valence-electron chi connectivity index (χ0n) is 4.13. The molecule has 0 saturated heterocycles. The summed E-state index contributed by atoms with van der Waals surface area (Å²) >= 11 is 0. The maximum atomic E-state index is 8.61. The van der Waals surface area contributed by atoms with Gasteiger partial charge in [0.2, 0.25) is 0 Å². The quantitative estimate of drug-likeness (QED) is 0.410. The molecule has 0 amide bonds. The Morgan fingerprint density at radius 2 is 1.89 bits per heavy atom. The Morgan fingerprint density at radius 1 is 1.22 bits per heavy atom. The first kappa shape index (κ1) is 9.46. The van der Waals surface area contributed by atoms with Crippen molar-refractivity contribution in [3.05, 3.63) is 24.3 Å². The van der Waals surface area contributed by atoms with Crippen LogP contribution in [0.2, 0.25) is 0 Å². The molecule has 0 bridgehead atoms. The molecule has 2 nitrogen and oxygen atoms in total. The summed E-state index contributed by atoms with van der Waals surface area (Å²) in [5.74, 6) is 0.158. The van der Waals surface area contributed by atoms with E-state index in [1.807, 2.05) is 0 Å². The number of aromatic hydroxyl groups is 2. The van der Waals surface area contributed by atoms with Gasteiger partial charge in [-0.2, -0.15) is 0 Å². The van der Waals surface area contributed by atoms with Crippen LogP contribution < -0.4 is 0 Å². The van der Waals surface area contributed by atoms with Gasteiger partial charge in [-0.3, -0.25) is 0 Å². The van der Waals surface area contributed by atoms with E-state index in [4.69, 9.17) is 10.2 Å². The third kappa shape index (κ3) is 3.22. The van der Waals surface area contributed by atoms with E-state index in [9.17, 15) is 0 Å². The fraction of sp³-hybridized carbons (Fsp3) is 0. The van der Waals surface area contributed by atoms with Gasteiger partial charge in [0.1, 0.15) is 11.5 Å². The second-order valence-electron chi connectivity index (χ2n) is 1.43. The van der Waals surface area contributed by atoms with Crippen molar-refractivity contribution >= 4 is 51.4 Å². The molecule has 43 valence electrons. The molecular weight excluding hydrogens is 143 g/mol. The van der Waals surface area contributed by atoms with E-state index in [1.165, 1.54) is 18.2 Å². The molecule has 1 aromatic carbocycles. The summed E-state index contributed by atoms with van der Waals surface area (Å²) in [6.45, 7) is 0. The molecule has 0 atom stereocenters. The van der Waals surface area contributed by atoms with E-state index in [-0.39, 0.29) is 62.9 Å². The summed E-state index contributed by atoms with van der Waals surface area (Å²) in [4.78, 5) is 0. The van der Waals surface area contributed by atoms with Crippen LogP contribution in [0.25, 0.3) is 0 Å². The van der Waals surface area contributed by atoms with Gasteiger partial charge in [-0.25, -0.2) is 0 Å². The standard InChI is InChI=1S/C6H5O2.K.H/c7-5-1-2-6(8)4-3-5;;/h1-3,7-8H;;. The zero-order valence-corrected chi connectivity index (χ0v) is 4.13. The predicted molar refractivity (Wildman–Crippen MR) is 35.8 cm³/mol. The van der Waals surface area contributed by atoms with Crippen molar-refractivity contribution in [2.45, 2.75) is 0 Å². The van der Waals surface area contributed by atoms with Crippen molar-refractivity contribution in [1.29, 1.82) is 0 Å². The fourth-order valence-electron chi connectivity index (χ4n) is 0.408. The number of phenolic OH excluding ortho intramolecular Hbond substituents is 2. The van der Waals surface area contributed by atoms with E-state index in [0.29, 0.717) is 0 Å². The van der Waals surface area contributed by atoms with Crippen LogP contribution in [0, 0.1) is 6.07 Å². The first-order chi connectivity index (χ1) is 3.79. The van der Waals surface area contributed by atoms with E-state index >= 15 is 0 Å². The molecule has 0 aliphatic rings. The van der Waals surface area contributed by atoms with Crippen molar-refractivity contribution in [2.24, 2.45) is 0 Å². The Morgan fingerprint density at radius 3 is 2.22 bits per heavy atom. The third-order valence-electron chi connectivity index (χ3n) is 0.780. The van der Waals surface area contributed by atoms with Gasteiger partial charge in [-0.15, -0.1) is 0 Å². The van der Waals surface area contributed by atoms with Gasteiger partial charge in [-0.05, 0) is 18.2 Å². The van der Waals surface area contributed by atoms with Gasteiger partial charge >= 0.3 is 51.4 Å². The van der Waals surface area contributed by atoms with Crippen LogP contribution in [0.5, 0.6) is 11.5 Å². The zero-order chi connectivity index (χ0) is 5.98. The van der Waals surface area contributed by atoms with Crippen LogP contribution in [0.15, 0.2) is 18.2 Å². The van der Waals surface area contributed by atoms with E-state index in [2.05, 4.69) is 6.07 Å². The van der Waals surface area contributed by atoms with E-state index < -0.39 is 0 Å². The molecule has 0 aliphatic heterocycles. The molecule has 3 heteroatoms. The van der Waals surface area contributed by atoms with Gasteiger partial charge < -0.3 is 10.2 Å². The Balaban J connectivity index is 0.000000640. The summed E-state index contributed by atoms with van der Waals surface area (Å²) in [5.41, 5.74) is 0. The van der Waals surface area contributed by atoms with Crippen molar-refractivity contribution in [2.75, 3.05) is 0 Å². The number of hydrogen-bond acceptors (Lipinski definition) is 2. The molecule has 1 radical (unpaired) electrons. The molecule has 0 spiro atoms. The molecule has 2 N–H and O–H groups in total. The minimum atomic E-state index is 0. The van der Waals surface area contributed by atoms with Crippen LogP contribution in [0.3, 0.4) is 0 Å². The SMILES string of the molecule is Oc1[c]cc(O)cc1.[KH]. The normalized spacial score (nSPS) is 8.00. The number of rotatable bonds is 0. The van der Waals surface area contributed by atoms with Crippen molar-refractivity contribution in [3.8, 4) is 11.5 Å². The number of phenols is 2. The Hall–Kier alpha value is 0.456. The maximum absolute atomic E-state index is 8.61. The van der Waals surface area contributed by atoms with Gasteiger partial charge in [-0.1, -0.05) is 0 Å². The van der Waals surface area contributed by atoms with Crippen LogP contribution in [-0.2, 0) is 0 Å². The molecule has 1 aromatic rings. The first-order valence-electron chi connectivity index (χ1n) is 2.19. The van der Waals surface area contributed by atoms with E-state index in [0.717, 1.165) is 0 Å². The van der Waals surface area contributed by atoms with Crippen molar-refractivity contribution in [3.63, 3.8) is 0 Å². The van der Waals surface area contributed by atoms with Gasteiger partial charge in [0.15, 0.2) is 0 Å². The minimum absolute atomic E-state index is 0. The number of benzene rings is 1. The monoisotopic (exact) mass is 149 g/mol. The predicted octanol–water partition coefficient (Wildman–Crippen LogP) is 0.249. The molecule has 0 saturated carbocycles. The third-order valence-corrected chi connectivity index (χ3v) is 0.780. The molecule has 9 heavy (non-hydrogen) atoms. The molecule has 0 heterocycles. The summed E-state index contributed by atoms with van der Waals surface area (Å²) in [6, 6.07) is 6.47. The summed E-state index contributed by atoms with van der Waals surface area (Å²) in [6.07, 6.45) is 0. The average molecular weight is 149 g/mol.